The Balaban J connectivity index is 2.34. The molecule has 0 saturated heterocycles. The van der Waals surface area contributed by atoms with Gasteiger partial charge in [-0.3, -0.25) is 4.79 Å². The van der Waals surface area contributed by atoms with Crippen LogP contribution >= 0.6 is 0 Å². The van der Waals surface area contributed by atoms with Crippen LogP contribution in [-0.4, -0.2) is 19.6 Å². The third-order valence-electron chi connectivity index (χ3n) is 2.46. The van der Waals surface area contributed by atoms with Crippen LogP contribution in [-0.2, 0) is 4.79 Å². The number of hydrogen-bond donors (Lipinski definition) is 2. The number of amides is 1. The number of hydrogen-bond acceptors (Lipinski definition) is 3. The number of methoxy groups -OCH3 is 1. The molecule has 94 valence electrons. The average Bonchev–Trinajstić information content (AvgIpc) is 2.35. The van der Waals surface area contributed by atoms with E-state index in [0.29, 0.717) is 13.0 Å². The summed E-state index contributed by atoms with van der Waals surface area (Å²) < 4.78 is 5.08. The summed E-state index contributed by atoms with van der Waals surface area (Å²) in [5.41, 5.74) is 6.16. The topological polar surface area (TPSA) is 64.3 Å². The molecule has 0 atom stereocenters. The molecule has 1 aromatic rings. The molecule has 0 fully saturated rings. The molecule has 0 aliphatic rings. The largest absolute Gasteiger partial charge is 0.497 e. The number of ether oxygens (including phenoxy) is 1. The van der Waals surface area contributed by atoms with Gasteiger partial charge in [0.05, 0.1) is 7.11 Å². The van der Waals surface area contributed by atoms with Crippen LogP contribution in [0.4, 0.5) is 5.69 Å². The molecular formula is C13H20N2O2. The summed E-state index contributed by atoms with van der Waals surface area (Å²) in [5, 5.41) is 2.84. The van der Waals surface area contributed by atoms with Gasteiger partial charge >= 0.3 is 0 Å². The lowest BCUT2D eigenvalue weighted by Gasteiger charge is -2.06. The second kappa shape index (κ2) is 7.68. The van der Waals surface area contributed by atoms with Gasteiger partial charge in [0.25, 0.3) is 0 Å². The van der Waals surface area contributed by atoms with Gasteiger partial charge in [-0.2, -0.15) is 0 Å². The Morgan fingerprint density at radius 1 is 1.35 bits per heavy atom. The van der Waals surface area contributed by atoms with Crippen molar-refractivity contribution in [1.29, 1.82) is 0 Å². The second-order valence-corrected chi connectivity index (χ2v) is 3.88. The van der Waals surface area contributed by atoms with Crippen LogP contribution < -0.4 is 15.8 Å². The van der Waals surface area contributed by atoms with Crippen LogP contribution in [0.3, 0.4) is 0 Å². The smallest absolute Gasteiger partial charge is 0.224 e. The molecule has 0 bridgehead atoms. The van der Waals surface area contributed by atoms with Crippen molar-refractivity contribution in [3.8, 4) is 5.75 Å². The highest BCUT2D eigenvalue weighted by atomic mass is 16.5. The third-order valence-corrected chi connectivity index (χ3v) is 2.46. The quantitative estimate of drug-likeness (QED) is 0.713. The summed E-state index contributed by atoms with van der Waals surface area (Å²) >= 11 is 0. The minimum atomic E-state index is 0.0373. The van der Waals surface area contributed by atoms with E-state index in [-0.39, 0.29) is 5.91 Å². The first-order valence-electron chi connectivity index (χ1n) is 5.90. The third kappa shape index (κ3) is 5.36. The van der Waals surface area contributed by atoms with E-state index < -0.39 is 0 Å². The van der Waals surface area contributed by atoms with Gasteiger partial charge in [-0.05, 0) is 31.5 Å². The predicted octanol–water partition coefficient (Wildman–Crippen LogP) is 2.15. The Kier molecular flexibility index (Phi) is 6.10. The Labute approximate surface area is 102 Å². The van der Waals surface area contributed by atoms with Gasteiger partial charge in [0.1, 0.15) is 5.75 Å². The van der Waals surface area contributed by atoms with Crippen molar-refractivity contribution in [1.82, 2.24) is 0 Å². The van der Waals surface area contributed by atoms with Crippen molar-refractivity contribution in [2.24, 2.45) is 5.73 Å². The molecule has 0 spiro atoms. The molecule has 1 amide bonds. The number of benzene rings is 1. The Hall–Kier alpha value is -1.55. The predicted molar refractivity (Wildman–Crippen MR) is 69.1 cm³/mol. The van der Waals surface area contributed by atoms with E-state index >= 15 is 0 Å². The minimum Gasteiger partial charge on any atom is -0.497 e. The number of rotatable bonds is 7. The fourth-order valence-electron chi connectivity index (χ4n) is 1.53. The summed E-state index contributed by atoms with van der Waals surface area (Å²) in [6.45, 7) is 0.692. The lowest BCUT2D eigenvalue weighted by Crippen LogP contribution is -2.11. The highest BCUT2D eigenvalue weighted by Gasteiger charge is 2.02. The van der Waals surface area contributed by atoms with E-state index in [1.54, 1.807) is 13.2 Å². The van der Waals surface area contributed by atoms with Crippen LogP contribution in [0, 0.1) is 0 Å². The normalized spacial score (nSPS) is 10.0. The van der Waals surface area contributed by atoms with E-state index in [4.69, 9.17) is 10.5 Å². The van der Waals surface area contributed by atoms with E-state index in [0.717, 1.165) is 30.7 Å². The maximum atomic E-state index is 11.6. The van der Waals surface area contributed by atoms with E-state index in [2.05, 4.69) is 5.32 Å². The van der Waals surface area contributed by atoms with Gasteiger partial charge in [-0.25, -0.2) is 0 Å². The van der Waals surface area contributed by atoms with Gasteiger partial charge in [0, 0.05) is 18.2 Å². The molecule has 17 heavy (non-hydrogen) atoms. The fourth-order valence-corrected chi connectivity index (χ4v) is 1.53. The van der Waals surface area contributed by atoms with E-state index in [1.807, 2.05) is 18.2 Å². The fraction of sp³-hybridized carbons (Fsp3) is 0.462. The molecule has 1 aromatic carbocycles. The molecule has 3 N–H and O–H groups in total. The lowest BCUT2D eigenvalue weighted by molar-refractivity contribution is -0.116. The van der Waals surface area contributed by atoms with Crippen LogP contribution in [0.1, 0.15) is 25.7 Å². The monoisotopic (exact) mass is 236 g/mol. The molecule has 0 radical (unpaired) electrons. The Morgan fingerprint density at radius 2 is 2.18 bits per heavy atom. The van der Waals surface area contributed by atoms with Crippen molar-refractivity contribution in [3.63, 3.8) is 0 Å². The van der Waals surface area contributed by atoms with Crippen molar-refractivity contribution >= 4 is 11.6 Å². The van der Waals surface area contributed by atoms with Crippen LogP contribution in [0.5, 0.6) is 5.75 Å². The summed E-state index contributed by atoms with van der Waals surface area (Å²) in [6, 6.07) is 7.35. The molecule has 0 aliphatic heterocycles. The van der Waals surface area contributed by atoms with Crippen molar-refractivity contribution < 1.29 is 9.53 Å². The summed E-state index contributed by atoms with van der Waals surface area (Å²) in [5.74, 6) is 0.779. The van der Waals surface area contributed by atoms with Gasteiger partial charge in [0.2, 0.25) is 5.91 Å². The lowest BCUT2D eigenvalue weighted by atomic mass is 10.2. The van der Waals surface area contributed by atoms with Crippen molar-refractivity contribution in [3.05, 3.63) is 24.3 Å². The molecule has 0 unspecified atom stereocenters. The van der Waals surface area contributed by atoms with Crippen LogP contribution in [0.2, 0.25) is 0 Å². The SMILES string of the molecule is COc1cccc(NC(=O)CCCCCN)c1. The molecular weight excluding hydrogens is 216 g/mol. The van der Waals surface area contributed by atoms with Gasteiger partial charge < -0.3 is 15.8 Å². The molecule has 4 nitrogen and oxygen atoms in total. The highest BCUT2D eigenvalue weighted by molar-refractivity contribution is 5.90. The second-order valence-electron chi connectivity index (χ2n) is 3.88. The van der Waals surface area contributed by atoms with E-state index in [1.165, 1.54) is 0 Å². The number of unbranched alkanes of at least 4 members (excludes halogenated alkanes) is 2. The molecule has 0 heterocycles. The zero-order valence-electron chi connectivity index (χ0n) is 10.2. The summed E-state index contributed by atoms with van der Waals surface area (Å²) in [7, 11) is 1.60. The van der Waals surface area contributed by atoms with Crippen molar-refractivity contribution in [2.75, 3.05) is 19.0 Å². The molecule has 4 heteroatoms. The summed E-state index contributed by atoms with van der Waals surface area (Å²) in [4.78, 5) is 11.6. The number of nitrogens with two attached hydrogens (primary N) is 1. The number of nitrogens with one attached hydrogen (secondary N) is 1. The maximum absolute atomic E-state index is 11.6. The molecule has 0 saturated carbocycles. The summed E-state index contributed by atoms with van der Waals surface area (Å²) in [6.07, 6.45) is 3.40. The first kappa shape index (κ1) is 13.5. The first-order valence-corrected chi connectivity index (χ1v) is 5.90. The Bertz CT molecular complexity index is 353. The first-order chi connectivity index (χ1) is 8.26. The molecule has 0 aliphatic carbocycles. The molecule has 1 rings (SSSR count). The zero-order valence-corrected chi connectivity index (χ0v) is 10.2. The number of anilines is 1. The van der Waals surface area contributed by atoms with Crippen LogP contribution in [0.15, 0.2) is 24.3 Å². The average molecular weight is 236 g/mol. The van der Waals surface area contributed by atoms with E-state index in [9.17, 15) is 4.79 Å². The number of carbonyl (C=O) groups excluding carboxylic acids is 1. The van der Waals surface area contributed by atoms with Crippen molar-refractivity contribution in [2.45, 2.75) is 25.7 Å². The minimum absolute atomic E-state index is 0.0373. The standard InChI is InChI=1S/C13H20N2O2/c1-17-12-7-5-6-11(10-12)15-13(16)8-3-2-4-9-14/h5-7,10H,2-4,8-9,14H2,1H3,(H,15,16). The highest BCUT2D eigenvalue weighted by Crippen LogP contribution is 2.17. The van der Waals surface area contributed by atoms with Crippen LogP contribution in [0.25, 0.3) is 0 Å². The Morgan fingerprint density at radius 3 is 2.88 bits per heavy atom. The molecule has 0 aromatic heterocycles. The number of carbonyl (C=O) groups is 1. The van der Waals surface area contributed by atoms with Gasteiger partial charge in [-0.15, -0.1) is 0 Å². The maximum Gasteiger partial charge on any atom is 0.224 e. The zero-order chi connectivity index (χ0) is 12.5. The van der Waals surface area contributed by atoms with Gasteiger partial charge in [-0.1, -0.05) is 12.5 Å². The van der Waals surface area contributed by atoms with Gasteiger partial charge in [0.15, 0.2) is 0 Å².